The van der Waals surface area contributed by atoms with Crippen molar-refractivity contribution in [2.45, 2.75) is 38.5 Å². The molecule has 1 unspecified atom stereocenters. The molecule has 0 aliphatic heterocycles. The second kappa shape index (κ2) is 5.51. The van der Waals surface area contributed by atoms with Gasteiger partial charge in [-0.25, -0.2) is 4.79 Å². The Morgan fingerprint density at radius 2 is 2.05 bits per heavy atom. The summed E-state index contributed by atoms with van der Waals surface area (Å²) in [5.74, 6) is -0.501. The number of carboxylic acids is 1. The van der Waals surface area contributed by atoms with Gasteiger partial charge < -0.3 is 10.4 Å². The van der Waals surface area contributed by atoms with E-state index in [4.69, 9.17) is 5.11 Å². The van der Waals surface area contributed by atoms with E-state index in [1.807, 2.05) is 6.07 Å². The molecule has 1 amide bonds. The average Bonchev–Trinajstić information content (AvgIpc) is 2.97. The lowest BCUT2D eigenvalue weighted by Crippen LogP contribution is -2.29. The number of amides is 1. The van der Waals surface area contributed by atoms with Crippen molar-refractivity contribution in [3.8, 4) is 0 Å². The molecule has 0 saturated heterocycles. The van der Waals surface area contributed by atoms with Gasteiger partial charge in [-0.3, -0.25) is 4.79 Å². The maximum Gasteiger partial charge on any atom is 0.335 e. The van der Waals surface area contributed by atoms with Gasteiger partial charge in [-0.05, 0) is 48.8 Å². The third-order valence-corrected chi connectivity index (χ3v) is 4.99. The predicted octanol–water partition coefficient (Wildman–Crippen LogP) is 2.62. The number of carboxylic acid groups (broad SMARTS) is 1. The predicted molar refractivity (Wildman–Crippen MR) is 79.1 cm³/mol. The van der Waals surface area contributed by atoms with E-state index in [2.05, 4.69) is 5.32 Å². The van der Waals surface area contributed by atoms with Gasteiger partial charge >= 0.3 is 5.97 Å². The standard InChI is InChI=1S/C17H21NO3/c19-15(14-11-17(14)7-1-2-8-17)18-9-6-12-4-3-5-13(10-12)16(20)21/h3-5,10,14H,1-2,6-9,11H2,(H,18,19)(H,20,21). The number of hydrogen-bond acceptors (Lipinski definition) is 2. The Bertz CT molecular complexity index is 561. The molecule has 21 heavy (non-hydrogen) atoms. The Morgan fingerprint density at radius 3 is 2.76 bits per heavy atom. The van der Waals surface area contributed by atoms with Gasteiger partial charge in [-0.1, -0.05) is 25.0 Å². The quantitative estimate of drug-likeness (QED) is 0.875. The molecule has 2 aliphatic carbocycles. The van der Waals surface area contributed by atoms with Gasteiger partial charge in [0.2, 0.25) is 5.91 Å². The summed E-state index contributed by atoms with van der Waals surface area (Å²) < 4.78 is 0. The van der Waals surface area contributed by atoms with Crippen LogP contribution in [0.25, 0.3) is 0 Å². The maximum atomic E-state index is 12.1. The van der Waals surface area contributed by atoms with Crippen molar-refractivity contribution in [3.05, 3.63) is 35.4 Å². The lowest BCUT2D eigenvalue weighted by atomic mass is 10.0. The highest BCUT2D eigenvalue weighted by Gasteiger charge is 2.58. The van der Waals surface area contributed by atoms with Gasteiger partial charge in [0.05, 0.1) is 5.56 Å². The van der Waals surface area contributed by atoms with Crippen LogP contribution >= 0.6 is 0 Å². The first-order valence-electron chi connectivity index (χ1n) is 7.71. The smallest absolute Gasteiger partial charge is 0.335 e. The number of benzene rings is 1. The highest BCUT2D eigenvalue weighted by molar-refractivity contribution is 5.87. The first-order chi connectivity index (χ1) is 10.1. The summed E-state index contributed by atoms with van der Waals surface area (Å²) in [6, 6.07) is 6.89. The van der Waals surface area contributed by atoms with Crippen molar-refractivity contribution in [1.82, 2.24) is 5.32 Å². The topological polar surface area (TPSA) is 66.4 Å². The van der Waals surface area contributed by atoms with Crippen molar-refractivity contribution in [2.24, 2.45) is 11.3 Å². The van der Waals surface area contributed by atoms with E-state index in [1.165, 1.54) is 25.7 Å². The van der Waals surface area contributed by atoms with Crippen molar-refractivity contribution in [2.75, 3.05) is 6.54 Å². The summed E-state index contributed by atoms with van der Waals surface area (Å²) >= 11 is 0. The first-order valence-corrected chi connectivity index (χ1v) is 7.71. The van der Waals surface area contributed by atoms with Crippen LogP contribution in [-0.4, -0.2) is 23.5 Å². The number of carbonyl (C=O) groups is 2. The summed E-state index contributed by atoms with van der Waals surface area (Å²) in [5, 5.41) is 12.0. The molecule has 4 nitrogen and oxygen atoms in total. The van der Waals surface area contributed by atoms with E-state index in [9.17, 15) is 9.59 Å². The summed E-state index contributed by atoms with van der Waals surface area (Å²) in [4.78, 5) is 23.0. The molecule has 1 atom stereocenters. The van der Waals surface area contributed by atoms with Crippen molar-refractivity contribution in [3.63, 3.8) is 0 Å². The molecule has 2 fully saturated rings. The molecule has 0 radical (unpaired) electrons. The van der Waals surface area contributed by atoms with Gasteiger partial charge in [0.15, 0.2) is 0 Å². The second-order valence-corrected chi connectivity index (χ2v) is 6.37. The Labute approximate surface area is 124 Å². The molecular weight excluding hydrogens is 266 g/mol. The molecule has 2 aliphatic rings. The van der Waals surface area contributed by atoms with Crippen LogP contribution in [0.1, 0.15) is 48.0 Å². The van der Waals surface area contributed by atoms with Crippen LogP contribution in [0.2, 0.25) is 0 Å². The summed E-state index contributed by atoms with van der Waals surface area (Å²) in [5.41, 5.74) is 1.58. The Morgan fingerprint density at radius 1 is 1.29 bits per heavy atom. The minimum Gasteiger partial charge on any atom is -0.478 e. The molecule has 1 aromatic rings. The van der Waals surface area contributed by atoms with Crippen molar-refractivity contribution >= 4 is 11.9 Å². The van der Waals surface area contributed by atoms with Crippen LogP contribution in [0.3, 0.4) is 0 Å². The van der Waals surface area contributed by atoms with E-state index in [0.29, 0.717) is 23.9 Å². The summed E-state index contributed by atoms with van der Waals surface area (Å²) in [6.07, 6.45) is 6.70. The van der Waals surface area contributed by atoms with E-state index in [0.717, 1.165) is 12.0 Å². The Balaban J connectivity index is 1.47. The van der Waals surface area contributed by atoms with Gasteiger partial charge in [-0.2, -0.15) is 0 Å². The number of aromatic carboxylic acids is 1. The average molecular weight is 287 g/mol. The molecule has 1 aromatic carbocycles. The van der Waals surface area contributed by atoms with Crippen molar-refractivity contribution in [1.29, 1.82) is 0 Å². The molecule has 0 bridgehead atoms. The number of nitrogens with one attached hydrogen (secondary N) is 1. The van der Waals surface area contributed by atoms with E-state index in [-0.39, 0.29) is 11.8 Å². The molecule has 0 aromatic heterocycles. The zero-order chi connectivity index (χ0) is 14.9. The fraction of sp³-hybridized carbons (Fsp3) is 0.529. The van der Waals surface area contributed by atoms with Gasteiger partial charge in [0.25, 0.3) is 0 Å². The van der Waals surface area contributed by atoms with Crippen molar-refractivity contribution < 1.29 is 14.7 Å². The van der Waals surface area contributed by atoms with Crippen LogP contribution in [0.4, 0.5) is 0 Å². The van der Waals surface area contributed by atoms with Crippen LogP contribution < -0.4 is 5.32 Å². The molecule has 0 heterocycles. The van der Waals surface area contributed by atoms with Gasteiger partial charge in [0, 0.05) is 12.5 Å². The van der Waals surface area contributed by atoms with E-state index < -0.39 is 5.97 Å². The molecular formula is C17H21NO3. The lowest BCUT2D eigenvalue weighted by molar-refractivity contribution is -0.123. The minimum absolute atomic E-state index is 0.186. The zero-order valence-corrected chi connectivity index (χ0v) is 12.1. The first kappa shape index (κ1) is 14.1. The highest BCUT2D eigenvalue weighted by Crippen LogP contribution is 2.62. The van der Waals surface area contributed by atoms with E-state index in [1.54, 1.807) is 18.2 Å². The molecule has 4 heteroatoms. The minimum atomic E-state index is -0.915. The Kier molecular flexibility index (Phi) is 3.70. The normalized spacial score (nSPS) is 22.2. The molecule has 1 spiro atoms. The zero-order valence-electron chi connectivity index (χ0n) is 12.1. The summed E-state index contributed by atoms with van der Waals surface area (Å²) in [6.45, 7) is 0.578. The monoisotopic (exact) mass is 287 g/mol. The van der Waals surface area contributed by atoms with E-state index >= 15 is 0 Å². The lowest BCUT2D eigenvalue weighted by Gasteiger charge is -2.09. The number of carbonyl (C=O) groups excluding carboxylic acids is 1. The molecule has 2 saturated carbocycles. The third-order valence-electron chi connectivity index (χ3n) is 4.99. The third kappa shape index (κ3) is 2.94. The van der Waals surface area contributed by atoms with Crippen LogP contribution in [0.15, 0.2) is 24.3 Å². The summed E-state index contributed by atoms with van der Waals surface area (Å²) in [7, 11) is 0. The fourth-order valence-electron chi connectivity index (χ4n) is 3.66. The fourth-order valence-corrected chi connectivity index (χ4v) is 3.66. The van der Waals surface area contributed by atoms with Crippen LogP contribution in [-0.2, 0) is 11.2 Å². The maximum absolute atomic E-state index is 12.1. The second-order valence-electron chi connectivity index (χ2n) is 6.37. The SMILES string of the molecule is O=C(O)c1cccc(CCNC(=O)C2CC23CCCC3)c1. The number of rotatable bonds is 5. The largest absolute Gasteiger partial charge is 0.478 e. The van der Waals surface area contributed by atoms with Gasteiger partial charge in [0.1, 0.15) is 0 Å². The van der Waals surface area contributed by atoms with Crippen LogP contribution in [0, 0.1) is 11.3 Å². The molecule has 2 N–H and O–H groups in total. The number of hydrogen-bond donors (Lipinski definition) is 2. The molecule has 112 valence electrons. The molecule has 3 rings (SSSR count). The van der Waals surface area contributed by atoms with Crippen LogP contribution in [0.5, 0.6) is 0 Å². The highest BCUT2D eigenvalue weighted by atomic mass is 16.4. The van der Waals surface area contributed by atoms with Gasteiger partial charge in [-0.15, -0.1) is 0 Å². The Hall–Kier alpha value is -1.84.